The molecule has 2 aliphatic rings. The average molecular weight is 461 g/mol. The molecule has 0 radical (unpaired) electrons. The topological polar surface area (TPSA) is 72.8 Å². The largest absolute Gasteiger partial charge is 0.294 e. The van der Waals surface area contributed by atoms with Crippen molar-refractivity contribution in [2.24, 2.45) is 10.1 Å². The highest BCUT2D eigenvalue weighted by Crippen LogP contribution is 2.34. The summed E-state index contributed by atoms with van der Waals surface area (Å²) in [5.41, 5.74) is 5.02. The van der Waals surface area contributed by atoms with E-state index in [0.717, 1.165) is 42.7 Å². The summed E-state index contributed by atoms with van der Waals surface area (Å²) in [6.45, 7) is 0. The summed E-state index contributed by atoms with van der Waals surface area (Å²) in [4.78, 5) is 16.4. The molecule has 0 aliphatic heterocycles. The lowest BCUT2D eigenvalue weighted by Gasteiger charge is -2.22. The number of thiazole rings is 1. The molecule has 5 rings (SSSR count). The Hall–Kier alpha value is -3.06. The normalized spacial score (nSPS) is 17.5. The van der Waals surface area contributed by atoms with Gasteiger partial charge in [-0.25, -0.2) is 9.67 Å². The van der Waals surface area contributed by atoms with Crippen LogP contribution in [0.2, 0.25) is 0 Å². The van der Waals surface area contributed by atoms with Crippen molar-refractivity contribution >= 4 is 28.4 Å². The molecule has 3 aromatic rings. The van der Waals surface area contributed by atoms with Crippen molar-refractivity contribution in [3.8, 4) is 11.3 Å². The molecule has 0 unspecified atom stereocenters. The molecule has 1 aromatic heterocycles. The van der Waals surface area contributed by atoms with Crippen LogP contribution < -0.4 is 4.80 Å². The Morgan fingerprint density at radius 3 is 2.39 bits per heavy atom. The van der Waals surface area contributed by atoms with Gasteiger partial charge in [0.25, 0.3) is 5.69 Å². The summed E-state index contributed by atoms with van der Waals surface area (Å²) in [7, 11) is 0. The van der Waals surface area contributed by atoms with Crippen LogP contribution in [-0.4, -0.2) is 15.3 Å². The fraction of sp³-hybridized carbons (Fsp3) is 0.385. The van der Waals surface area contributed by atoms with E-state index in [0.29, 0.717) is 16.4 Å². The van der Waals surface area contributed by atoms with Crippen LogP contribution in [0.4, 0.5) is 11.4 Å². The average Bonchev–Trinajstić information content (AvgIpc) is 3.51. The van der Waals surface area contributed by atoms with Crippen molar-refractivity contribution in [3.05, 3.63) is 74.4 Å². The van der Waals surface area contributed by atoms with E-state index in [1.165, 1.54) is 55.1 Å². The molecule has 2 aromatic carbocycles. The number of rotatable bonds is 5. The van der Waals surface area contributed by atoms with E-state index >= 15 is 0 Å². The second-order valence-electron chi connectivity index (χ2n) is 8.90. The highest BCUT2D eigenvalue weighted by molar-refractivity contribution is 7.07. The first-order valence-corrected chi connectivity index (χ1v) is 12.7. The van der Waals surface area contributed by atoms with Gasteiger partial charge in [-0.15, -0.1) is 11.3 Å². The van der Waals surface area contributed by atoms with Crippen molar-refractivity contribution in [1.82, 2.24) is 4.68 Å². The minimum atomic E-state index is -0.384. The lowest BCUT2D eigenvalue weighted by Crippen LogP contribution is -2.13. The third-order valence-electron chi connectivity index (χ3n) is 6.69. The van der Waals surface area contributed by atoms with Crippen LogP contribution in [0.5, 0.6) is 0 Å². The Bertz CT molecular complexity index is 1230. The molecule has 0 atom stereocenters. The Balaban J connectivity index is 1.57. The van der Waals surface area contributed by atoms with Gasteiger partial charge in [-0.1, -0.05) is 55.7 Å². The number of nitro benzene ring substituents is 1. The number of para-hydroxylation sites is 2. The summed E-state index contributed by atoms with van der Waals surface area (Å²) in [5.74, 6) is 0.672. The van der Waals surface area contributed by atoms with Gasteiger partial charge in [0.1, 0.15) is 5.69 Å². The molecule has 2 fully saturated rings. The van der Waals surface area contributed by atoms with Crippen molar-refractivity contribution in [2.75, 3.05) is 0 Å². The summed E-state index contributed by atoms with van der Waals surface area (Å²) < 4.78 is 1.89. The summed E-state index contributed by atoms with van der Waals surface area (Å²) in [6, 6.07) is 15.5. The molecule has 2 saturated carbocycles. The second kappa shape index (κ2) is 9.83. The zero-order chi connectivity index (χ0) is 22.6. The summed E-state index contributed by atoms with van der Waals surface area (Å²) in [6.07, 6.45) is 10.9. The van der Waals surface area contributed by atoms with Crippen LogP contribution in [0.3, 0.4) is 0 Å². The van der Waals surface area contributed by atoms with Gasteiger partial charge >= 0.3 is 0 Å². The van der Waals surface area contributed by atoms with Crippen LogP contribution in [-0.2, 0) is 0 Å². The molecule has 1 heterocycles. The van der Waals surface area contributed by atoms with E-state index in [1.54, 1.807) is 18.2 Å². The number of nitro groups is 1. The van der Waals surface area contributed by atoms with Crippen molar-refractivity contribution in [2.45, 2.75) is 63.7 Å². The van der Waals surface area contributed by atoms with Crippen LogP contribution in [0.15, 0.2) is 64.0 Å². The minimum absolute atomic E-state index is 0.00403. The van der Waals surface area contributed by atoms with Gasteiger partial charge in [0.15, 0.2) is 0 Å². The van der Waals surface area contributed by atoms with E-state index in [1.807, 2.05) is 4.68 Å². The molecule has 6 nitrogen and oxygen atoms in total. The molecule has 0 amide bonds. The standard InChI is InChI=1S/C26H28N4O2S/c31-30(32)24-13-7-6-12-23(24)27-26-29(28-22-10-4-5-11-22)25(18-33-26)21-16-14-20(15-17-21)19-8-2-1-3-9-19/h6-7,12-19H,1-5,8-11H2. The van der Waals surface area contributed by atoms with Gasteiger partial charge < -0.3 is 0 Å². The number of hydrogen-bond donors (Lipinski definition) is 0. The summed E-state index contributed by atoms with van der Waals surface area (Å²) in [5, 5.41) is 18.5. The first kappa shape index (κ1) is 21.8. The van der Waals surface area contributed by atoms with E-state index in [4.69, 9.17) is 5.10 Å². The maximum atomic E-state index is 11.5. The zero-order valence-corrected chi connectivity index (χ0v) is 19.5. The minimum Gasteiger partial charge on any atom is -0.258 e. The molecule has 0 bridgehead atoms. The number of hydrogen-bond acceptors (Lipinski definition) is 5. The van der Waals surface area contributed by atoms with E-state index < -0.39 is 0 Å². The Kier molecular flexibility index (Phi) is 6.48. The second-order valence-corrected chi connectivity index (χ2v) is 9.74. The van der Waals surface area contributed by atoms with Gasteiger partial charge in [0.2, 0.25) is 4.80 Å². The van der Waals surface area contributed by atoms with Gasteiger partial charge in [0.05, 0.1) is 10.6 Å². The quantitative estimate of drug-likeness (QED) is 0.299. The fourth-order valence-corrected chi connectivity index (χ4v) is 5.72. The fourth-order valence-electron chi connectivity index (χ4n) is 4.87. The summed E-state index contributed by atoms with van der Waals surface area (Å²) >= 11 is 1.47. The highest BCUT2D eigenvalue weighted by atomic mass is 32.1. The van der Waals surface area contributed by atoms with Gasteiger partial charge in [-0.2, -0.15) is 5.10 Å². The van der Waals surface area contributed by atoms with Crippen LogP contribution >= 0.6 is 11.3 Å². The molecular formula is C26H28N4O2S. The molecule has 0 saturated heterocycles. The molecular weight excluding hydrogens is 432 g/mol. The van der Waals surface area contributed by atoms with Crippen molar-refractivity contribution in [3.63, 3.8) is 0 Å². The van der Waals surface area contributed by atoms with E-state index in [2.05, 4.69) is 34.6 Å². The van der Waals surface area contributed by atoms with Gasteiger partial charge in [-0.3, -0.25) is 10.1 Å². The Labute approximate surface area is 197 Å². The molecule has 2 aliphatic carbocycles. The third kappa shape index (κ3) is 4.83. The smallest absolute Gasteiger partial charge is 0.258 e. The number of benzene rings is 2. The van der Waals surface area contributed by atoms with Crippen LogP contribution in [0, 0.1) is 10.1 Å². The van der Waals surface area contributed by atoms with Gasteiger partial charge in [0, 0.05) is 22.7 Å². The third-order valence-corrected chi connectivity index (χ3v) is 7.50. The SMILES string of the molecule is O=[N+]([O-])c1ccccc1N=c1scc(-c2ccc(C3CCCCC3)cc2)n1N=C1CCCC1. The van der Waals surface area contributed by atoms with E-state index in [9.17, 15) is 10.1 Å². The molecule has 170 valence electrons. The lowest BCUT2D eigenvalue weighted by atomic mass is 9.84. The molecule has 0 N–H and O–H groups in total. The maximum absolute atomic E-state index is 11.5. The highest BCUT2D eigenvalue weighted by Gasteiger charge is 2.17. The Morgan fingerprint density at radius 1 is 0.939 bits per heavy atom. The Morgan fingerprint density at radius 2 is 1.67 bits per heavy atom. The molecule has 33 heavy (non-hydrogen) atoms. The zero-order valence-electron chi connectivity index (χ0n) is 18.7. The number of nitrogens with zero attached hydrogens (tertiary/aromatic N) is 4. The van der Waals surface area contributed by atoms with Gasteiger partial charge in [-0.05, 0) is 56.1 Å². The lowest BCUT2D eigenvalue weighted by molar-refractivity contribution is -0.384. The monoisotopic (exact) mass is 460 g/mol. The van der Waals surface area contributed by atoms with E-state index in [-0.39, 0.29) is 10.6 Å². The predicted molar refractivity (Wildman–Crippen MR) is 133 cm³/mol. The van der Waals surface area contributed by atoms with Crippen LogP contribution in [0.1, 0.15) is 69.3 Å². The first-order valence-electron chi connectivity index (χ1n) is 11.8. The maximum Gasteiger partial charge on any atom is 0.294 e. The van der Waals surface area contributed by atoms with Crippen molar-refractivity contribution < 1.29 is 4.92 Å². The first-order chi connectivity index (χ1) is 16.2. The van der Waals surface area contributed by atoms with Crippen molar-refractivity contribution in [1.29, 1.82) is 0 Å². The predicted octanol–water partition coefficient (Wildman–Crippen LogP) is 7.18. The molecule has 7 heteroatoms. The number of aromatic nitrogens is 1. The van der Waals surface area contributed by atoms with Crippen LogP contribution in [0.25, 0.3) is 11.3 Å². The molecule has 0 spiro atoms.